The average Bonchev–Trinajstić information content (AvgIpc) is 3.39. The minimum Gasteiger partial charge on any atom is -0.362 e. The van der Waals surface area contributed by atoms with E-state index in [1.54, 1.807) is 35.8 Å². The van der Waals surface area contributed by atoms with Crippen molar-refractivity contribution in [2.75, 3.05) is 68.5 Å². The maximum atomic E-state index is 10.8. The van der Waals surface area contributed by atoms with Crippen molar-refractivity contribution >= 4 is 92.7 Å². The Bertz CT molecular complexity index is 857. The molecule has 0 atom stereocenters. The largest absolute Gasteiger partial charge is 0.362 e. The Morgan fingerprint density at radius 3 is 1.14 bits per heavy atom. The number of nitrogens with zero attached hydrogens (tertiary/aromatic N) is 6. The van der Waals surface area contributed by atoms with Gasteiger partial charge in [-0.2, -0.15) is 0 Å². The zero-order valence-electron chi connectivity index (χ0n) is 20.0. The number of hydrogen-bond donors (Lipinski definition) is 1. The van der Waals surface area contributed by atoms with Gasteiger partial charge in [0.2, 0.25) is 17.7 Å². The number of likely N-dealkylation sites (N-methyl/N-ethyl adjacent to an activating group) is 6. The summed E-state index contributed by atoms with van der Waals surface area (Å²) in [6.45, 7) is 1.72. The quantitative estimate of drug-likeness (QED) is 0.386. The first-order valence-electron chi connectivity index (χ1n) is 10.0. The lowest BCUT2D eigenvalue weighted by Crippen LogP contribution is -2.26. The van der Waals surface area contributed by atoms with Crippen molar-refractivity contribution < 1.29 is 19.2 Å². The summed E-state index contributed by atoms with van der Waals surface area (Å²) in [5.41, 5.74) is 0. The lowest BCUT2D eigenvalue weighted by atomic mass is 10.4. The molecule has 35 heavy (non-hydrogen) atoms. The van der Waals surface area contributed by atoms with E-state index in [9.17, 15) is 19.2 Å². The van der Waals surface area contributed by atoms with Gasteiger partial charge in [0.05, 0.1) is 37.6 Å². The molecular formula is C20H33N7O4S4. The molecule has 1 N–H and O–H groups in total. The number of rotatable bonds is 0. The second kappa shape index (κ2) is 14.3. The first kappa shape index (κ1) is 32.6. The van der Waals surface area contributed by atoms with E-state index in [1.165, 1.54) is 14.7 Å². The first-order valence-corrected chi connectivity index (χ1v) is 11.6. The topological polar surface area (TPSA) is 99.7 Å². The van der Waals surface area contributed by atoms with Crippen molar-refractivity contribution in [3.05, 3.63) is 0 Å². The smallest absolute Gasteiger partial charge is 0.248 e. The monoisotopic (exact) mass is 563 g/mol. The Morgan fingerprint density at radius 2 is 1.06 bits per heavy atom. The number of ketones is 1. The van der Waals surface area contributed by atoms with Gasteiger partial charge in [0, 0.05) is 42.3 Å². The van der Waals surface area contributed by atoms with Gasteiger partial charge in [0.1, 0.15) is 0 Å². The normalized spacial score (nSPS) is 19.3. The summed E-state index contributed by atoms with van der Waals surface area (Å²) in [7, 11) is 10.5. The number of amides is 3. The van der Waals surface area contributed by atoms with E-state index >= 15 is 0 Å². The third kappa shape index (κ3) is 9.31. The predicted molar refractivity (Wildman–Crippen MR) is 151 cm³/mol. The highest BCUT2D eigenvalue weighted by molar-refractivity contribution is 7.80. The lowest BCUT2D eigenvalue weighted by Gasteiger charge is -2.09. The molecule has 0 aromatic heterocycles. The van der Waals surface area contributed by atoms with E-state index in [4.69, 9.17) is 48.9 Å². The predicted octanol–water partition coefficient (Wildman–Crippen LogP) is -0.462. The van der Waals surface area contributed by atoms with E-state index < -0.39 is 0 Å². The molecule has 4 aliphatic heterocycles. The van der Waals surface area contributed by atoms with Crippen molar-refractivity contribution in [2.45, 2.75) is 13.8 Å². The van der Waals surface area contributed by atoms with Gasteiger partial charge in [0.25, 0.3) is 0 Å². The molecule has 0 radical (unpaired) electrons. The van der Waals surface area contributed by atoms with Crippen molar-refractivity contribution in [1.82, 2.24) is 34.7 Å². The molecule has 0 bridgehead atoms. The SMILES string of the molecule is C.CN1C(=O)CNC1=S.CN1CC(=O)CC1=S.CN1CC(=O)N(C)C1=S.CN1CC(=O)N(C)C1=S. The van der Waals surface area contributed by atoms with E-state index in [2.05, 4.69) is 5.32 Å². The van der Waals surface area contributed by atoms with Crippen LogP contribution in [0.5, 0.6) is 0 Å². The van der Waals surface area contributed by atoms with Crippen molar-refractivity contribution in [2.24, 2.45) is 0 Å². The van der Waals surface area contributed by atoms with Gasteiger partial charge >= 0.3 is 0 Å². The standard InChI is InChI=1S/2C5H8N2OS.C5H7NOS.C4H6N2OS.CH4/c2*1-6-3-4(8)7(2)5(6)9;1-6-3-4(7)2-5(6)8;1-6-3(7)2-5-4(6)8;/h2*3H2,1-2H3;2-3H2,1H3;2H2,1H3,(H,5,8);1H4. The second-order valence-electron chi connectivity index (χ2n) is 7.76. The lowest BCUT2D eigenvalue weighted by molar-refractivity contribution is -0.124. The molecule has 3 amide bonds. The van der Waals surface area contributed by atoms with Gasteiger partial charge in [-0.25, -0.2) is 0 Å². The van der Waals surface area contributed by atoms with Gasteiger partial charge in [-0.3, -0.25) is 33.9 Å². The van der Waals surface area contributed by atoms with Gasteiger partial charge in [-0.15, -0.1) is 0 Å². The van der Waals surface area contributed by atoms with Gasteiger partial charge in [-0.1, -0.05) is 19.6 Å². The van der Waals surface area contributed by atoms with Crippen LogP contribution in [0, 0.1) is 0 Å². The molecule has 0 spiro atoms. The molecule has 0 saturated carbocycles. The van der Waals surface area contributed by atoms with Crippen LogP contribution in [-0.2, 0) is 19.2 Å². The van der Waals surface area contributed by atoms with Crippen molar-refractivity contribution in [3.8, 4) is 0 Å². The highest BCUT2D eigenvalue weighted by atomic mass is 32.1. The Kier molecular flexibility index (Phi) is 13.3. The number of hydrogen-bond acceptors (Lipinski definition) is 8. The summed E-state index contributed by atoms with van der Waals surface area (Å²) in [4.78, 5) is 53.1. The molecule has 4 aliphatic rings. The fourth-order valence-electron chi connectivity index (χ4n) is 2.69. The first-order chi connectivity index (χ1) is 15.7. The van der Waals surface area contributed by atoms with Crippen LogP contribution in [0.15, 0.2) is 0 Å². The van der Waals surface area contributed by atoms with Crippen LogP contribution < -0.4 is 5.32 Å². The number of carbonyl (C=O) groups excluding carboxylic acids is 4. The van der Waals surface area contributed by atoms with Crippen LogP contribution in [0.25, 0.3) is 0 Å². The number of nitrogens with one attached hydrogen (secondary N) is 1. The van der Waals surface area contributed by atoms with E-state index in [1.807, 2.05) is 21.1 Å². The molecule has 4 fully saturated rings. The summed E-state index contributed by atoms with van der Waals surface area (Å²) in [6.07, 6.45) is 0.478. The van der Waals surface area contributed by atoms with Crippen LogP contribution in [0.4, 0.5) is 0 Å². The Balaban J connectivity index is 0.000000437. The summed E-state index contributed by atoms with van der Waals surface area (Å²) in [5, 5.41) is 4.47. The molecule has 0 aromatic rings. The number of thiocarbonyl (C=S) groups is 4. The Hall–Kier alpha value is -2.36. The molecule has 15 heteroatoms. The number of likely N-dealkylation sites (tertiary alicyclic amines) is 1. The van der Waals surface area contributed by atoms with Crippen LogP contribution in [0.3, 0.4) is 0 Å². The van der Waals surface area contributed by atoms with Gasteiger partial charge in [-0.05, 0) is 36.7 Å². The summed E-state index contributed by atoms with van der Waals surface area (Å²) >= 11 is 19.3. The number of carbonyl (C=O) groups is 4. The minimum atomic E-state index is 0. The molecular weight excluding hydrogens is 531 g/mol. The van der Waals surface area contributed by atoms with E-state index in [0.717, 1.165) is 4.99 Å². The van der Waals surface area contributed by atoms with Crippen LogP contribution in [0.1, 0.15) is 13.8 Å². The molecule has 4 saturated heterocycles. The number of Topliss-reactive ketones (excluding diaryl/α,β-unsaturated/α-hetero) is 1. The van der Waals surface area contributed by atoms with Crippen molar-refractivity contribution in [3.63, 3.8) is 0 Å². The molecule has 0 aliphatic carbocycles. The van der Waals surface area contributed by atoms with Gasteiger partial charge < -0.3 is 20.0 Å². The third-order valence-corrected chi connectivity index (χ3v) is 7.02. The molecule has 196 valence electrons. The second-order valence-corrected chi connectivity index (χ2v) is 9.35. The van der Waals surface area contributed by atoms with Gasteiger partial charge in [0.15, 0.2) is 21.1 Å². The third-order valence-electron chi connectivity index (χ3n) is 4.98. The fourth-order valence-corrected chi connectivity index (χ4v) is 3.42. The average molecular weight is 564 g/mol. The van der Waals surface area contributed by atoms with E-state index in [0.29, 0.717) is 47.9 Å². The van der Waals surface area contributed by atoms with Crippen LogP contribution in [0.2, 0.25) is 0 Å². The highest BCUT2D eigenvalue weighted by Crippen LogP contribution is 2.05. The van der Waals surface area contributed by atoms with Crippen LogP contribution in [-0.4, -0.2) is 142 Å². The summed E-state index contributed by atoms with van der Waals surface area (Å²) in [5.74, 6) is 0.414. The molecule has 11 nitrogen and oxygen atoms in total. The fraction of sp³-hybridized carbons (Fsp3) is 0.600. The molecule has 0 unspecified atom stereocenters. The zero-order chi connectivity index (χ0) is 26.3. The minimum absolute atomic E-state index is 0. The zero-order valence-corrected chi connectivity index (χ0v) is 23.3. The van der Waals surface area contributed by atoms with Crippen molar-refractivity contribution in [1.29, 1.82) is 0 Å². The Morgan fingerprint density at radius 1 is 0.629 bits per heavy atom. The Labute approximate surface area is 228 Å². The molecule has 4 heterocycles. The molecule has 0 aromatic carbocycles. The van der Waals surface area contributed by atoms with Crippen LogP contribution >= 0.6 is 48.9 Å². The maximum absolute atomic E-state index is 10.8. The van der Waals surface area contributed by atoms with E-state index in [-0.39, 0.29) is 30.9 Å². The highest BCUT2D eigenvalue weighted by Gasteiger charge is 2.26. The summed E-state index contributed by atoms with van der Waals surface area (Å²) in [6, 6.07) is 0. The molecule has 4 rings (SSSR count). The summed E-state index contributed by atoms with van der Waals surface area (Å²) < 4.78 is 0. The maximum Gasteiger partial charge on any atom is 0.248 e.